The molecule has 6 rings (SSSR count). The van der Waals surface area contributed by atoms with Crippen LogP contribution in [0.3, 0.4) is 0 Å². The molecule has 1 aromatic heterocycles. The summed E-state index contributed by atoms with van der Waals surface area (Å²) >= 11 is 7.85. The maximum atomic E-state index is 13.8. The molecule has 3 heterocycles. The number of anilines is 1. The van der Waals surface area contributed by atoms with E-state index < -0.39 is 47.8 Å². The number of aromatic nitrogens is 1. The maximum Gasteiger partial charge on any atom is 0.373 e. The van der Waals surface area contributed by atoms with Crippen LogP contribution in [-0.2, 0) is 79.8 Å². The molecule has 2 fully saturated rings. The molecule has 0 spiro atoms. The first-order valence-corrected chi connectivity index (χ1v) is 36.6. The Balaban J connectivity index is 0.00000382. The van der Waals surface area contributed by atoms with Crippen LogP contribution in [0.2, 0.25) is 0 Å². The first-order valence-electron chi connectivity index (χ1n) is 35.1. The summed E-state index contributed by atoms with van der Waals surface area (Å²) in [4.78, 5) is 149. The molecule has 106 heavy (non-hydrogen) atoms. The van der Waals surface area contributed by atoms with Crippen LogP contribution >= 0.6 is 34.8 Å². The number of likely N-dealkylation sites (tertiary alicyclic amines) is 1. The highest BCUT2D eigenvalue weighted by atomic mass is 127. The van der Waals surface area contributed by atoms with E-state index in [-0.39, 0.29) is 128 Å². The number of rotatable bonds is 40. The molecule has 0 aliphatic carbocycles. The molecule has 1 unspecified atom stereocenters. The zero-order valence-corrected chi connectivity index (χ0v) is 63.3. The van der Waals surface area contributed by atoms with Gasteiger partial charge in [0.05, 0.1) is 76.3 Å². The highest BCUT2D eigenvalue weighted by molar-refractivity contribution is 14.1. The van der Waals surface area contributed by atoms with Crippen molar-refractivity contribution in [3.63, 3.8) is 0 Å². The number of nitrogens with one attached hydrogen (secondary N) is 7. The van der Waals surface area contributed by atoms with Crippen LogP contribution in [0.15, 0.2) is 79.0 Å². The van der Waals surface area contributed by atoms with E-state index in [0.29, 0.717) is 92.2 Å². The Labute approximate surface area is 636 Å². The number of unbranched alkanes of at least 4 members (excludes halogenated alkanes) is 2. The minimum Gasteiger partial charge on any atom is -0.484 e. The number of amides is 6. The number of hydrogen-bond donors (Lipinski definition) is 9. The van der Waals surface area contributed by atoms with Crippen molar-refractivity contribution in [3.05, 3.63) is 99.3 Å². The number of carbonyl (C=O) groups is 8. The smallest absolute Gasteiger partial charge is 0.373 e. The first-order chi connectivity index (χ1) is 51.1. The fourth-order valence-electron chi connectivity index (χ4n) is 11.3. The van der Waals surface area contributed by atoms with Crippen LogP contribution in [0.5, 0.6) is 5.75 Å². The van der Waals surface area contributed by atoms with Gasteiger partial charge in [0, 0.05) is 111 Å². The number of halogens is 1. The second-order valence-electron chi connectivity index (χ2n) is 24.9. The molecule has 578 valence electrons. The van der Waals surface area contributed by atoms with Crippen molar-refractivity contribution in [2.24, 2.45) is 0 Å². The van der Waals surface area contributed by atoms with Crippen molar-refractivity contribution < 1.29 is 86.7 Å². The molecular formula is C72H99IN14O18S. The van der Waals surface area contributed by atoms with E-state index in [1.165, 1.54) is 16.7 Å². The predicted molar refractivity (Wildman–Crippen MR) is 400 cm³/mol. The van der Waals surface area contributed by atoms with Gasteiger partial charge in [0.2, 0.25) is 23.6 Å². The molecule has 2 aliphatic rings. The number of hydrogen-bond acceptors (Lipinski definition) is 23. The maximum absolute atomic E-state index is 13.8. The Morgan fingerprint density at radius 3 is 1.98 bits per heavy atom. The summed E-state index contributed by atoms with van der Waals surface area (Å²) in [6.45, 7) is 10.6. The number of likely N-dealkylation sites (N-methyl/N-ethyl adjacent to an activating group) is 3. The first kappa shape index (κ1) is 89.4. The van der Waals surface area contributed by atoms with Gasteiger partial charge in [-0.3, -0.25) is 43.4 Å². The van der Waals surface area contributed by atoms with E-state index >= 15 is 0 Å². The van der Waals surface area contributed by atoms with Gasteiger partial charge in [-0.05, 0) is 167 Å². The second kappa shape index (κ2) is 52.1. The van der Waals surface area contributed by atoms with Gasteiger partial charge < -0.3 is 86.0 Å². The lowest BCUT2D eigenvalue weighted by Crippen LogP contribution is -2.51. The minimum atomic E-state index is -1.23. The number of aliphatic carboxylic acids is 2. The summed E-state index contributed by atoms with van der Waals surface area (Å²) in [6, 6.07) is 21.8. The van der Waals surface area contributed by atoms with E-state index in [0.717, 1.165) is 66.9 Å². The van der Waals surface area contributed by atoms with E-state index in [4.69, 9.17) is 50.3 Å². The zero-order chi connectivity index (χ0) is 77.4. The molecule has 6 amide bonds. The molecule has 0 bridgehead atoms. The molecule has 4 atom stereocenters. The largest absolute Gasteiger partial charge is 0.484 e. The SMILES string of the molecule is CCN1CCN(CC(=O)O)CCN(C)CCN(C)C(Cc2ccc(NC(=S)NCCCC[C@H](NC(=O)CCOCCOCCOCCNC(=O)COc3ccc4c(C(=O)NCC(=O)N5CCC[C@@H]5C#N)ccnc4c3)C(=O)N[C@@H](CCCCNC(=O)Cc3ccc(I)cc3)C(=O)O)cc2)C1.O=C=O.O=C=O. The van der Waals surface area contributed by atoms with Crippen LogP contribution in [0, 0.1) is 14.9 Å². The van der Waals surface area contributed by atoms with E-state index in [9.17, 15) is 53.8 Å². The number of nitrogens with zero attached hydrogens (tertiary/aromatic N) is 7. The van der Waals surface area contributed by atoms with Gasteiger partial charge in [0.25, 0.3) is 11.8 Å². The van der Waals surface area contributed by atoms with Crippen molar-refractivity contribution in [1.29, 1.82) is 5.26 Å². The number of carboxylic acids is 2. The topological polar surface area (TPSA) is 419 Å². The Hall–Kier alpha value is -8.98. The molecule has 3 aromatic carbocycles. The molecule has 32 nitrogen and oxygen atoms in total. The quantitative estimate of drug-likeness (QED) is 0.0175. The van der Waals surface area contributed by atoms with Crippen molar-refractivity contribution >= 4 is 116 Å². The van der Waals surface area contributed by atoms with Crippen molar-refractivity contribution in [2.75, 3.05) is 157 Å². The number of carboxylic acid groups (broad SMARTS) is 2. The number of pyridine rings is 1. The van der Waals surface area contributed by atoms with E-state index in [2.05, 4.69) is 119 Å². The van der Waals surface area contributed by atoms with Gasteiger partial charge in [-0.2, -0.15) is 24.4 Å². The van der Waals surface area contributed by atoms with Crippen molar-refractivity contribution in [1.82, 2.24) is 61.4 Å². The van der Waals surface area contributed by atoms with Gasteiger partial charge in [-0.25, -0.2) is 4.79 Å². The fraction of sp³-hybridized carbons (Fsp3) is 0.542. The average Bonchev–Trinajstić information content (AvgIpc) is 1.13. The number of fused-ring (bicyclic) bond motifs is 1. The molecule has 4 aromatic rings. The highest BCUT2D eigenvalue weighted by Crippen LogP contribution is 2.23. The van der Waals surface area contributed by atoms with Gasteiger partial charge in [-0.1, -0.05) is 31.2 Å². The molecular weight excluding hydrogens is 1510 g/mol. The third kappa shape index (κ3) is 36.3. The molecule has 2 saturated heterocycles. The van der Waals surface area contributed by atoms with Crippen LogP contribution in [-0.4, -0.2) is 281 Å². The summed E-state index contributed by atoms with van der Waals surface area (Å²) in [5, 5.41) is 50.0. The van der Waals surface area contributed by atoms with Crippen LogP contribution in [0.1, 0.15) is 86.2 Å². The van der Waals surface area contributed by atoms with Crippen molar-refractivity contribution in [2.45, 2.75) is 102 Å². The lowest BCUT2D eigenvalue weighted by molar-refractivity contribution is -0.193. The predicted octanol–water partition coefficient (Wildman–Crippen LogP) is 2.09. The summed E-state index contributed by atoms with van der Waals surface area (Å²) in [5.41, 5.74) is 3.62. The number of benzene rings is 3. The lowest BCUT2D eigenvalue weighted by atomic mass is 10.0. The van der Waals surface area contributed by atoms with Crippen LogP contribution < -0.4 is 42.0 Å². The van der Waals surface area contributed by atoms with Gasteiger partial charge in [0.15, 0.2) is 11.7 Å². The van der Waals surface area contributed by atoms with E-state index in [1.807, 2.05) is 41.3 Å². The van der Waals surface area contributed by atoms with Gasteiger partial charge in [-0.15, -0.1) is 0 Å². The third-order valence-corrected chi connectivity index (χ3v) is 18.1. The summed E-state index contributed by atoms with van der Waals surface area (Å²) in [6.07, 6.45) is 6.54. The second-order valence-corrected chi connectivity index (χ2v) is 26.6. The molecule has 0 radical (unpaired) electrons. The summed E-state index contributed by atoms with van der Waals surface area (Å²) in [5.74, 6) is -4.09. The Morgan fingerprint density at radius 2 is 1.31 bits per heavy atom. The molecule has 34 heteroatoms. The van der Waals surface area contributed by atoms with Crippen molar-refractivity contribution in [3.8, 4) is 11.8 Å². The van der Waals surface area contributed by atoms with E-state index in [1.54, 1.807) is 24.3 Å². The van der Waals surface area contributed by atoms with Crippen LogP contribution in [0.4, 0.5) is 5.69 Å². The zero-order valence-electron chi connectivity index (χ0n) is 60.3. The Bertz CT molecular complexity index is 3520. The molecule has 0 saturated carbocycles. The highest BCUT2D eigenvalue weighted by Gasteiger charge is 2.30. The molecule has 2 aliphatic heterocycles. The number of thiocarbonyl (C=S) groups is 1. The van der Waals surface area contributed by atoms with Crippen LogP contribution in [0.25, 0.3) is 10.9 Å². The fourth-order valence-corrected chi connectivity index (χ4v) is 11.9. The monoisotopic (exact) mass is 1610 g/mol. The lowest BCUT2D eigenvalue weighted by Gasteiger charge is -2.36. The third-order valence-electron chi connectivity index (χ3n) is 17.2. The standard InChI is InChI=1S/C70H99IN14O14S.2CO2/c1-4-83-34-35-84(48-66(90)91)33-31-81(2)30-32-82(3)55(47-83)42-50-15-19-53(20-16-50)78-70(100)76-26-8-5-11-59(68(93)80-60(69(94)95)12-6-7-25-74-63(87)43-51-13-17-52(71)18-14-51)79-62(86)24-36-96-38-40-98-41-39-97-37-28-75-64(88)49-99-56-21-22-57-58(23-27-73-61(57)44-56)67(92)77-46-65(89)85-29-9-10-54(85)45-72;2*2-1-3/h13-23,27,44,54-55,59-60H,4-12,24-26,28-43,46-49H2,1-3H3,(H,74,87)(H,75,88)(H,77,92)(H,79,86)(H,80,93)(H,90,91)(H,94,95)(H2,76,78,100);;/t54-,55?,59+,60+;;/m1../s1. The summed E-state index contributed by atoms with van der Waals surface area (Å²) < 4.78 is 23.5. The average molecular weight is 1610 g/mol. The Morgan fingerprint density at radius 1 is 0.689 bits per heavy atom. The Kier molecular flexibility index (Phi) is 43.9. The van der Waals surface area contributed by atoms with Gasteiger partial charge in [0.1, 0.15) is 23.9 Å². The molecule has 9 N–H and O–H groups in total. The number of nitriles is 1. The number of ether oxygens (including phenoxy) is 4. The number of carbonyl (C=O) groups excluding carboxylic acids is 10. The normalized spacial score (nSPS) is 15.6. The summed E-state index contributed by atoms with van der Waals surface area (Å²) in [7, 11) is 4.25. The minimum absolute atomic E-state index is 0.0259. The van der Waals surface area contributed by atoms with Gasteiger partial charge >= 0.3 is 24.2 Å².